The van der Waals surface area contributed by atoms with E-state index in [1.165, 1.54) is 11.2 Å². The Morgan fingerprint density at radius 1 is 1.44 bits per heavy atom. The van der Waals surface area contributed by atoms with Crippen LogP contribution in [0.1, 0.15) is 26.7 Å². The van der Waals surface area contributed by atoms with Gasteiger partial charge in [0, 0.05) is 13.1 Å². The zero-order valence-electron chi connectivity index (χ0n) is 9.72. The molecule has 0 aromatic rings. The van der Waals surface area contributed by atoms with Crippen molar-refractivity contribution in [1.82, 2.24) is 4.31 Å². The normalized spacial score (nSPS) is 21.9. The van der Waals surface area contributed by atoms with Gasteiger partial charge in [-0.2, -0.15) is 0 Å². The van der Waals surface area contributed by atoms with Crippen LogP contribution in [0.25, 0.3) is 0 Å². The van der Waals surface area contributed by atoms with E-state index in [1.807, 2.05) is 0 Å². The molecule has 0 radical (unpaired) electrons. The number of sulfonamides is 1. The van der Waals surface area contributed by atoms with Crippen LogP contribution in [0.2, 0.25) is 0 Å². The van der Waals surface area contributed by atoms with Gasteiger partial charge in [0.25, 0.3) is 0 Å². The summed E-state index contributed by atoms with van der Waals surface area (Å²) in [5.74, 6) is -1.64. The van der Waals surface area contributed by atoms with Crippen molar-refractivity contribution < 1.29 is 18.3 Å². The third kappa shape index (κ3) is 3.45. The molecule has 16 heavy (non-hydrogen) atoms. The molecule has 1 N–H and O–H groups in total. The van der Waals surface area contributed by atoms with E-state index in [9.17, 15) is 13.2 Å². The van der Waals surface area contributed by atoms with E-state index < -0.39 is 21.9 Å². The van der Waals surface area contributed by atoms with Crippen molar-refractivity contribution in [2.45, 2.75) is 26.7 Å². The van der Waals surface area contributed by atoms with Gasteiger partial charge in [-0.25, -0.2) is 12.7 Å². The van der Waals surface area contributed by atoms with E-state index in [4.69, 9.17) is 5.11 Å². The molecule has 1 aliphatic rings. The molecule has 6 heteroatoms. The highest BCUT2D eigenvalue weighted by atomic mass is 32.2. The Morgan fingerprint density at radius 3 is 2.38 bits per heavy atom. The van der Waals surface area contributed by atoms with E-state index in [0.717, 1.165) is 12.8 Å². The SMILES string of the molecule is CC1CCN(S(=O)(=O)CC(C)C(=O)O)CC1. The molecule has 1 saturated heterocycles. The van der Waals surface area contributed by atoms with Crippen molar-refractivity contribution in [3.05, 3.63) is 0 Å². The molecule has 0 aromatic carbocycles. The van der Waals surface area contributed by atoms with E-state index in [1.54, 1.807) is 0 Å². The number of carbonyl (C=O) groups is 1. The van der Waals surface area contributed by atoms with Gasteiger partial charge < -0.3 is 5.11 Å². The fourth-order valence-electron chi connectivity index (χ4n) is 1.76. The summed E-state index contributed by atoms with van der Waals surface area (Å²) in [4.78, 5) is 10.6. The summed E-state index contributed by atoms with van der Waals surface area (Å²) in [7, 11) is -3.40. The highest BCUT2D eigenvalue weighted by Gasteiger charge is 2.29. The summed E-state index contributed by atoms with van der Waals surface area (Å²) >= 11 is 0. The smallest absolute Gasteiger partial charge is 0.307 e. The summed E-state index contributed by atoms with van der Waals surface area (Å²) < 4.78 is 25.2. The minimum atomic E-state index is -3.40. The Labute approximate surface area is 96.5 Å². The van der Waals surface area contributed by atoms with Gasteiger partial charge in [0.05, 0.1) is 11.7 Å². The zero-order chi connectivity index (χ0) is 12.3. The first-order valence-corrected chi connectivity index (χ1v) is 7.14. The lowest BCUT2D eigenvalue weighted by Crippen LogP contribution is -2.41. The van der Waals surface area contributed by atoms with Crippen molar-refractivity contribution in [1.29, 1.82) is 0 Å². The lowest BCUT2D eigenvalue weighted by atomic mass is 10.0. The Bertz CT molecular complexity index is 344. The van der Waals surface area contributed by atoms with Crippen LogP contribution < -0.4 is 0 Å². The molecule has 1 aliphatic heterocycles. The molecular formula is C10H19NO4S. The molecular weight excluding hydrogens is 230 g/mol. The van der Waals surface area contributed by atoms with E-state index in [2.05, 4.69) is 6.92 Å². The second-order valence-electron chi connectivity index (χ2n) is 4.60. The van der Waals surface area contributed by atoms with Crippen LogP contribution in [0.4, 0.5) is 0 Å². The number of piperidine rings is 1. The number of hydrogen-bond donors (Lipinski definition) is 1. The van der Waals surface area contributed by atoms with Crippen molar-refractivity contribution >= 4 is 16.0 Å². The topological polar surface area (TPSA) is 74.7 Å². The van der Waals surface area contributed by atoms with Crippen LogP contribution in [0.5, 0.6) is 0 Å². The molecule has 0 amide bonds. The number of carboxylic acids is 1. The predicted molar refractivity (Wildman–Crippen MR) is 60.6 cm³/mol. The standard InChI is InChI=1S/C10H19NO4S/c1-8-3-5-11(6-4-8)16(14,15)7-9(2)10(12)13/h8-9H,3-7H2,1-2H3,(H,12,13). The average molecular weight is 249 g/mol. The third-order valence-corrected chi connectivity index (χ3v) is 5.09. The monoisotopic (exact) mass is 249 g/mol. The highest BCUT2D eigenvalue weighted by Crippen LogP contribution is 2.19. The summed E-state index contributed by atoms with van der Waals surface area (Å²) in [6.45, 7) is 4.57. The Hall–Kier alpha value is -0.620. The molecule has 1 heterocycles. The third-order valence-electron chi connectivity index (χ3n) is 3.02. The number of hydrogen-bond acceptors (Lipinski definition) is 3. The second-order valence-corrected chi connectivity index (χ2v) is 6.61. The fraction of sp³-hybridized carbons (Fsp3) is 0.900. The predicted octanol–water partition coefficient (Wildman–Crippen LogP) is 0.769. The minimum Gasteiger partial charge on any atom is -0.481 e. The van der Waals surface area contributed by atoms with E-state index in [0.29, 0.717) is 19.0 Å². The molecule has 0 aliphatic carbocycles. The maximum Gasteiger partial charge on any atom is 0.307 e. The van der Waals surface area contributed by atoms with Gasteiger partial charge in [-0.15, -0.1) is 0 Å². The van der Waals surface area contributed by atoms with Crippen LogP contribution in [-0.2, 0) is 14.8 Å². The minimum absolute atomic E-state index is 0.295. The van der Waals surface area contributed by atoms with Crippen LogP contribution in [0.3, 0.4) is 0 Å². The summed E-state index contributed by atoms with van der Waals surface area (Å²) in [5, 5.41) is 8.70. The maximum absolute atomic E-state index is 11.9. The van der Waals surface area contributed by atoms with Crippen molar-refractivity contribution in [3.63, 3.8) is 0 Å². The van der Waals surface area contributed by atoms with E-state index >= 15 is 0 Å². The van der Waals surface area contributed by atoms with Crippen molar-refractivity contribution in [2.75, 3.05) is 18.8 Å². The number of nitrogens with zero attached hydrogens (tertiary/aromatic N) is 1. The van der Waals surface area contributed by atoms with Crippen LogP contribution in [-0.4, -0.2) is 42.6 Å². The Morgan fingerprint density at radius 2 is 1.94 bits per heavy atom. The Balaban J connectivity index is 2.60. The van der Waals surface area contributed by atoms with Crippen LogP contribution in [0.15, 0.2) is 0 Å². The Kier molecular flexibility index (Phi) is 4.32. The molecule has 0 saturated carbocycles. The number of rotatable bonds is 4. The maximum atomic E-state index is 11.9. The summed E-state index contributed by atoms with van der Waals surface area (Å²) in [5.41, 5.74) is 0. The lowest BCUT2D eigenvalue weighted by Gasteiger charge is -2.29. The highest BCUT2D eigenvalue weighted by molar-refractivity contribution is 7.89. The summed E-state index contributed by atoms with van der Waals surface area (Å²) in [6, 6.07) is 0. The van der Waals surface area contributed by atoms with E-state index in [-0.39, 0.29) is 5.75 Å². The average Bonchev–Trinajstić information content (AvgIpc) is 2.17. The second kappa shape index (κ2) is 5.14. The van der Waals surface area contributed by atoms with Crippen LogP contribution in [0, 0.1) is 11.8 Å². The van der Waals surface area contributed by atoms with Gasteiger partial charge in [0.15, 0.2) is 0 Å². The van der Waals surface area contributed by atoms with Crippen LogP contribution >= 0.6 is 0 Å². The molecule has 1 fully saturated rings. The van der Waals surface area contributed by atoms with Crippen molar-refractivity contribution in [3.8, 4) is 0 Å². The van der Waals surface area contributed by atoms with Crippen molar-refractivity contribution in [2.24, 2.45) is 11.8 Å². The molecule has 1 rings (SSSR count). The molecule has 0 bridgehead atoms. The molecule has 1 unspecified atom stereocenters. The van der Waals surface area contributed by atoms with Gasteiger partial charge >= 0.3 is 5.97 Å². The number of carboxylic acid groups (broad SMARTS) is 1. The quantitative estimate of drug-likeness (QED) is 0.798. The van der Waals surface area contributed by atoms with Gasteiger partial charge in [0.2, 0.25) is 10.0 Å². The first kappa shape index (κ1) is 13.4. The van der Waals surface area contributed by atoms with Gasteiger partial charge in [-0.05, 0) is 18.8 Å². The molecule has 94 valence electrons. The first-order chi connectivity index (χ1) is 7.33. The number of aliphatic carboxylic acids is 1. The first-order valence-electron chi connectivity index (χ1n) is 5.53. The largest absolute Gasteiger partial charge is 0.481 e. The lowest BCUT2D eigenvalue weighted by molar-refractivity contribution is -0.140. The zero-order valence-corrected chi connectivity index (χ0v) is 10.5. The van der Waals surface area contributed by atoms with Gasteiger partial charge in [-0.1, -0.05) is 13.8 Å². The molecule has 5 nitrogen and oxygen atoms in total. The molecule has 0 spiro atoms. The van der Waals surface area contributed by atoms with Gasteiger partial charge in [0.1, 0.15) is 0 Å². The van der Waals surface area contributed by atoms with Gasteiger partial charge in [-0.3, -0.25) is 4.79 Å². The summed E-state index contributed by atoms with van der Waals surface area (Å²) in [6.07, 6.45) is 1.72. The molecule has 0 aromatic heterocycles. The molecule has 1 atom stereocenters. The fourth-order valence-corrected chi connectivity index (χ4v) is 3.51.